The third-order valence-electron chi connectivity index (χ3n) is 3.32. The molecule has 17 heavy (non-hydrogen) atoms. The molecule has 2 rings (SSSR count). The Labute approximate surface area is 105 Å². The topological polar surface area (TPSA) is 12.5 Å². The van der Waals surface area contributed by atoms with Gasteiger partial charge in [-0.15, -0.1) is 0 Å². The summed E-state index contributed by atoms with van der Waals surface area (Å²) in [7, 11) is 0. The minimum absolute atomic E-state index is 0.321. The molecule has 0 spiro atoms. The van der Waals surface area contributed by atoms with E-state index in [1.807, 2.05) is 0 Å². The lowest BCUT2D eigenvalue weighted by Crippen LogP contribution is -2.45. The Morgan fingerprint density at radius 2 is 1.82 bits per heavy atom. The Bertz CT molecular complexity index is 365. The second-order valence-corrected chi connectivity index (χ2v) is 5.41. The second kappa shape index (κ2) is 5.09. The zero-order valence-corrected chi connectivity index (χ0v) is 11.3. The summed E-state index contributed by atoms with van der Waals surface area (Å²) in [6.45, 7) is 10.8. The van der Waals surface area contributed by atoms with Gasteiger partial charge in [0.2, 0.25) is 0 Å². The third-order valence-corrected chi connectivity index (χ3v) is 3.32. The monoisotopic (exact) mass is 233 g/mol. The normalized spacial score (nSPS) is 25.4. The van der Waals surface area contributed by atoms with Crippen molar-refractivity contribution in [3.63, 3.8) is 0 Å². The summed E-state index contributed by atoms with van der Waals surface area (Å²) < 4.78 is 5.77. The van der Waals surface area contributed by atoms with Crippen molar-refractivity contribution in [3.05, 3.63) is 29.8 Å². The van der Waals surface area contributed by atoms with E-state index in [-0.39, 0.29) is 0 Å². The van der Waals surface area contributed by atoms with E-state index in [4.69, 9.17) is 4.74 Å². The van der Waals surface area contributed by atoms with Gasteiger partial charge in [-0.3, -0.25) is 0 Å². The lowest BCUT2D eigenvalue weighted by atomic mass is 10.0. The summed E-state index contributed by atoms with van der Waals surface area (Å²) in [5.74, 6) is 0.589. The highest BCUT2D eigenvalue weighted by Crippen LogP contribution is 2.24. The Morgan fingerprint density at radius 3 is 2.41 bits per heavy atom. The van der Waals surface area contributed by atoms with Gasteiger partial charge < -0.3 is 9.64 Å². The van der Waals surface area contributed by atoms with Gasteiger partial charge in [-0.1, -0.05) is 26.0 Å². The average Bonchev–Trinajstić information content (AvgIpc) is 2.28. The molecule has 0 saturated carbocycles. The molecule has 1 aromatic rings. The molecule has 2 nitrogen and oxygen atoms in total. The highest BCUT2D eigenvalue weighted by Gasteiger charge is 2.22. The first-order valence-electron chi connectivity index (χ1n) is 6.56. The van der Waals surface area contributed by atoms with Crippen LogP contribution in [0, 0.1) is 0 Å². The molecule has 1 aliphatic heterocycles. The fraction of sp³-hybridized carbons (Fsp3) is 0.600. The van der Waals surface area contributed by atoms with Gasteiger partial charge in [0, 0.05) is 18.8 Å². The van der Waals surface area contributed by atoms with E-state index in [2.05, 4.69) is 56.9 Å². The molecular formula is C15H23NO. The number of hydrogen-bond donors (Lipinski definition) is 0. The number of morpholine rings is 1. The molecule has 0 N–H and O–H groups in total. The van der Waals surface area contributed by atoms with Gasteiger partial charge in [-0.2, -0.15) is 0 Å². The predicted molar refractivity (Wildman–Crippen MR) is 72.8 cm³/mol. The van der Waals surface area contributed by atoms with Gasteiger partial charge in [0.1, 0.15) is 0 Å². The van der Waals surface area contributed by atoms with Crippen molar-refractivity contribution < 1.29 is 4.74 Å². The van der Waals surface area contributed by atoms with E-state index in [0.29, 0.717) is 18.1 Å². The zero-order chi connectivity index (χ0) is 12.4. The number of benzene rings is 1. The highest BCUT2D eigenvalue weighted by molar-refractivity contribution is 5.49. The van der Waals surface area contributed by atoms with E-state index >= 15 is 0 Å². The van der Waals surface area contributed by atoms with Crippen LogP contribution in [0.25, 0.3) is 0 Å². The molecule has 1 aromatic carbocycles. The Kier molecular flexibility index (Phi) is 3.72. The summed E-state index contributed by atoms with van der Waals surface area (Å²) in [6.07, 6.45) is 0.642. The maximum Gasteiger partial charge on any atom is 0.0726 e. The van der Waals surface area contributed by atoms with Gasteiger partial charge in [-0.25, -0.2) is 0 Å². The number of nitrogens with zero attached hydrogens (tertiary/aromatic N) is 1. The van der Waals surface area contributed by atoms with E-state index in [9.17, 15) is 0 Å². The van der Waals surface area contributed by atoms with E-state index in [1.165, 1.54) is 11.3 Å². The fourth-order valence-electron chi connectivity index (χ4n) is 2.47. The minimum Gasteiger partial charge on any atom is -0.372 e. The van der Waals surface area contributed by atoms with Crippen molar-refractivity contribution in [2.75, 3.05) is 18.0 Å². The number of anilines is 1. The summed E-state index contributed by atoms with van der Waals surface area (Å²) >= 11 is 0. The van der Waals surface area contributed by atoms with E-state index < -0.39 is 0 Å². The maximum absolute atomic E-state index is 5.77. The molecule has 1 fully saturated rings. The van der Waals surface area contributed by atoms with Crippen LogP contribution in [0.4, 0.5) is 5.69 Å². The van der Waals surface area contributed by atoms with Crippen molar-refractivity contribution in [1.82, 2.24) is 0 Å². The van der Waals surface area contributed by atoms with Crippen LogP contribution < -0.4 is 4.90 Å². The Hall–Kier alpha value is -1.02. The van der Waals surface area contributed by atoms with Crippen molar-refractivity contribution >= 4 is 5.69 Å². The zero-order valence-electron chi connectivity index (χ0n) is 11.3. The average molecular weight is 233 g/mol. The molecule has 0 aliphatic carbocycles. The van der Waals surface area contributed by atoms with Gasteiger partial charge >= 0.3 is 0 Å². The van der Waals surface area contributed by atoms with Crippen LogP contribution in [-0.2, 0) is 4.74 Å². The van der Waals surface area contributed by atoms with Crippen molar-refractivity contribution in [1.29, 1.82) is 0 Å². The van der Waals surface area contributed by atoms with Gasteiger partial charge in [0.25, 0.3) is 0 Å². The van der Waals surface area contributed by atoms with E-state index in [0.717, 1.165) is 13.1 Å². The first-order chi connectivity index (χ1) is 8.06. The molecule has 0 amide bonds. The third kappa shape index (κ3) is 3.01. The molecule has 94 valence electrons. The SMILES string of the molecule is CC(C)c1cccc(N2C[C@@H](C)O[C@@H](C)C2)c1. The number of ether oxygens (including phenoxy) is 1. The van der Waals surface area contributed by atoms with Crippen molar-refractivity contribution in [2.45, 2.75) is 45.8 Å². The van der Waals surface area contributed by atoms with Crippen LogP contribution in [-0.4, -0.2) is 25.3 Å². The molecule has 2 heteroatoms. The Morgan fingerprint density at radius 1 is 1.18 bits per heavy atom. The van der Waals surface area contributed by atoms with Crippen molar-refractivity contribution in [2.24, 2.45) is 0 Å². The number of hydrogen-bond acceptors (Lipinski definition) is 2. The fourth-order valence-corrected chi connectivity index (χ4v) is 2.47. The largest absolute Gasteiger partial charge is 0.372 e. The van der Waals surface area contributed by atoms with E-state index in [1.54, 1.807) is 0 Å². The standard InChI is InChI=1S/C15H23NO/c1-11(2)14-6-5-7-15(8-14)16-9-12(3)17-13(4)10-16/h5-8,11-13H,9-10H2,1-4H3/t12-,13+. The predicted octanol–water partition coefficient (Wildman–Crippen LogP) is 3.42. The first-order valence-corrected chi connectivity index (χ1v) is 6.56. The highest BCUT2D eigenvalue weighted by atomic mass is 16.5. The molecule has 1 aliphatic rings. The van der Waals surface area contributed by atoms with Gasteiger partial charge in [-0.05, 0) is 37.5 Å². The summed E-state index contributed by atoms with van der Waals surface area (Å²) in [4.78, 5) is 2.44. The smallest absolute Gasteiger partial charge is 0.0726 e. The van der Waals surface area contributed by atoms with Gasteiger partial charge in [0.15, 0.2) is 0 Å². The number of rotatable bonds is 2. The molecule has 0 aromatic heterocycles. The molecule has 2 atom stereocenters. The second-order valence-electron chi connectivity index (χ2n) is 5.41. The lowest BCUT2D eigenvalue weighted by molar-refractivity contribution is -0.00522. The summed E-state index contributed by atoms with van der Waals surface area (Å²) in [5, 5.41) is 0. The maximum atomic E-state index is 5.77. The van der Waals surface area contributed by atoms with Crippen LogP contribution >= 0.6 is 0 Å². The van der Waals surface area contributed by atoms with Crippen LogP contribution in [0.1, 0.15) is 39.2 Å². The molecule has 0 radical (unpaired) electrons. The molecule has 1 saturated heterocycles. The van der Waals surface area contributed by atoms with Crippen molar-refractivity contribution in [3.8, 4) is 0 Å². The first kappa shape index (κ1) is 12.4. The lowest BCUT2D eigenvalue weighted by Gasteiger charge is -2.37. The molecule has 0 unspecified atom stereocenters. The summed E-state index contributed by atoms with van der Waals surface area (Å²) in [6, 6.07) is 8.89. The van der Waals surface area contributed by atoms with Crippen LogP contribution in [0.2, 0.25) is 0 Å². The van der Waals surface area contributed by atoms with Gasteiger partial charge in [0.05, 0.1) is 12.2 Å². The van der Waals surface area contributed by atoms with Crippen LogP contribution in [0.5, 0.6) is 0 Å². The minimum atomic E-state index is 0.321. The summed E-state index contributed by atoms with van der Waals surface area (Å²) in [5.41, 5.74) is 2.74. The molecular weight excluding hydrogens is 210 g/mol. The Balaban J connectivity index is 2.18. The molecule has 1 heterocycles. The van der Waals surface area contributed by atoms with Crippen LogP contribution in [0.3, 0.4) is 0 Å². The quantitative estimate of drug-likeness (QED) is 0.776. The van der Waals surface area contributed by atoms with Crippen LogP contribution in [0.15, 0.2) is 24.3 Å². The molecule has 0 bridgehead atoms.